The third kappa shape index (κ3) is 11.2. The maximum absolute atomic E-state index is 14.1. The highest BCUT2D eigenvalue weighted by Crippen LogP contribution is 2.34. The predicted octanol–water partition coefficient (Wildman–Crippen LogP) is 4.37. The number of benzene rings is 2. The molecule has 364 valence electrons. The number of anilines is 2. The molecule has 1 atom stereocenters. The van der Waals surface area contributed by atoms with Crippen LogP contribution in [0.4, 0.5) is 20.3 Å². The Labute approximate surface area is 398 Å². The average molecular weight is 963 g/mol. The molecule has 4 aromatic heterocycles. The Kier molecular flexibility index (Phi) is 14.7. The molecule has 0 radical (unpaired) electrons. The number of hydrogen-bond acceptors (Lipinski definition) is 16. The van der Waals surface area contributed by atoms with Gasteiger partial charge in [0.2, 0.25) is 17.7 Å². The van der Waals surface area contributed by atoms with Crippen molar-refractivity contribution in [2.45, 2.75) is 57.7 Å². The van der Waals surface area contributed by atoms with E-state index in [4.69, 9.17) is 18.6 Å². The third-order valence-electron chi connectivity index (χ3n) is 11.7. The van der Waals surface area contributed by atoms with Gasteiger partial charge in [-0.25, -0.2) is 28.1 Å². The number of rotatable bonds is 24. The van der Waals surface area contributed by atoms with Crippen molar-refractivity contribution in [1.29, 1.82) is 0 Å². The van der Waals surface area contributed by atoms with Crippen LogP contribution in [-0.2, 0) is 38.6 Å². The summed E-state index contributed by atoms with van der Waals surface area (Å²) in [6, 6.07) is 14.3. The molecule has 9 rings (SSSR count). The van der Waals surface area contributed by atoms with Crippen LogP contribution in [0, 0.1) is 5.92 Å². The van der Waals surface area contributed by atoms with Gasteiger partial charge in [0, 0.05) is 44.2 Å². The molecule has 4 N–H and O–H groups in total. The number of piperidine rings is 1. The number of nitrogens with one attached hydrogen (secondary N) is 4. The number of carbonyl (C=O) groups excluding carboxylic acids is 5. The highest BCUT2D eigenvalue weighted by molar-refractivity contribution is 6.24. The first kappa shape index (κ1) is 47.3. The van der Waals surface area contributed by atoms with E-state index in [1.807, 2.05) is 12.1 Å². The van der Waals surface area contributed by atoms with Crippen LogP contribution in [0.2, 0.25) is 0 Å². The standard InChI is InChI=1S/C47H48F2N12O9/c48-42(49)41-34(54-43(63)35-27-70-45(55-35)30-12-14-51-38(22-30)52-24-29-4-5-29)26-60(57-41)31-8-6-28(7-9-31)23-50-15-18-67-20-21-68-19-16-59-32(25-53-58-59)13-17-69-37-3-1-2-33-40(37)47(66)61(46(33)65)36-10-11-39(62)56-44(36)64/h1-3,6-9,12,14,22,25-27,29,36,42,50H,4-5,10-11,13,15-21,23-24H2,(H,51,52)(H,54,63)(H,56,62,64). The van der Waals surface area contributed by atoms with Crippen LogP contribution < -0.4 is 26.0 Å². The number of ether oxygens (including phenoxy) is 3. The lowest BCUT2D eigenvalue weighted by Gasteiger charge is -2.27. The Morgan fingerprint density at radius 3 is 2.59 bits per heavy atom. The molecule has 0 bridgehead atoms. The molecule has 2 aromatic carbocycles. The van der Waals surface area contributed by atoms with E-state index in [-0.39, 0.29) is 53.6 Å². The molecule has 0 spiro atoms. The summed E-state index contributed by atoms with van der Waals surface area (Å²) < 4.78 is 54.0. The molecule has 3 aliphatic rings. The van der Waals surface area contributed by atoms with Gasteiger partial charge in [0.1, 0.15) is 23.9 Å². The average Bonchev–Trinajstić information content (AvgIpc) is 3.62. The summed E-state index contributed by atoms with van der Waals surface area (Å²) in [4.78, 5) is 73.1. The van der Waals surface area contributed by atoms with E-state index in [0.29, 0.717) is 75.5 Å². The van der Waals surface area contributed by atoms with Crippen LogP contribution in [0.3, 0.4) is 0 Å². The van der Waals surface area contributed by atoms with Crippen molar-refractivity contribution >= 4 is 41.0 Å². The molecule has 6 aromatic rings. The molecule has 1 aliphatic carbocycles. The van der Waals surface area contributed by atoms with E-state index in [2.05, 4.69) is 46.6 Å². The van der Waals surface area contributed by atoms with Gasteiger partial charge in [-0.3, -0.25) is 34.2 Å². The summed E-state index contributed by atoms with van der Waals surface area (Å²) in [7, 11) is 0. The van der Waals surface area contributed by atoms with Crippen molar-refractivity contribution in [3.05, 3.63) is 113 Å². The quantitative estimate of drug-likeness (QED) is 0.0486. The number of amides is 5. The van der Waals surface area contributed by atoms with Crippen LogP contribution in [0.5, 0.6) is 5.75 Å². The summed E-state index contributed by atoms with van der Waals surface area (Å²) >= 11 is 0. The van der Waals surface area contributed by atoms with Crippen LogP contribution in [0.15, 0.2) is 83.9 Å². The number of carbonyl (C=O) groups is 5. The zero-order valence-corrected chi connectivity index (χ0v) is 37.6. The van der Waals surface area contributed by atoms with E-state index in [9.17, 15) is 32.8 Å². The van der Waals surface area contributed by atoms with Gasteiger partial charge >= 0.3 is 0 Å². The predicted molar refractivity (Wildman–Crippen MR) is 243 cm³/mol. The molecular formula is C47H48F2N12O9. The zero-order chi connectivity index (χ0) is 48.6. The van der Waals surface area contributed by atoms with Crippen molar-refractivity contribution < 1.29 is 51.4 Å². The smallest absolute Gasteiger partial charge is 0.284 e. The van der Waals surface area contributed by atoms with Crippen molar-refractivity contribution in [2.75, 3.05) is 56.8 Å². The highest BCUT2D eigenvalue weighted by atomic mass is 19.3. The van der Waals surface area contributed by atoms with E-state index < -0.39 is 47.7 Å². The second kappa shape index (κ2) is 21.7. The number of oxazole rings is 1. The second-order valence-electron chi connectivity index (χ2n) is 16.7. The number of fused-ring (bicyclic) bond motifs is 1. The van der Waals surface area contributed by atoms with Gasteiger partial charge in [0.15, 0.2) is 11.4 Å². The first-order valence-electron chi connectivity index (χ1n) is 22.7. The number of halogens is 2. The maximum Gasteiger partial charge on any atom is 0.284 e. The summed E-state index contributed by atoms with van der Waals surface area (Å²) in [6.45, 7) is 4.00. The summed E-state index contributed by atoms with van der Waals surface area (Å²) in [5, 5.41) is 23.4. The van der Waals surface area contributed by atoms with Gasteiger partial charge in [0.25, 0.3) is 24.1 Å². The Bertz CT molecular complexity index is 2860. The summed E-state index contributed by atoms with van der Waals surface area (Å²) in [6.07, 6.45) is 5.64. The monoisotopic (exact) mass is 962 g/mol. The molecule has 23 heteroatoms. The Morgan fingerprint density at radius 2 is 1.79 bits per heavy atom. The van der Waals surface area contributed by atoms with Crippen LogP contribution in [-0.4, -0.2) is 121 Å². The number of alkyl halides is 2. The van der Waals surface area contributed by atoms with E-state index in [1.165, 1.54) is 36.0 Å². The van der Waals surface area contributed by atoms with E-state index in [0.717, 1.165) is 22.7 Å². The number of aromatic nitrogens is 7. The molecular weight excluding hydrogens is 915 g/mol. The zero-order valence-electron chi connectivity index (χ0n) is 37.6. The van der Waals surface area contributed by atoms with Crippen LogP contribution in [0.1, 0.15) is 80.3 Å². The molecule has 1 saturated carbocycles. The summed E-state index contributed by atoms with van der Waals surface area (Å²) in [5.74, 6) is -1.39. The number of imide groups is 2. The molecule has 70 heavy (non-hydrogen) atoms. The minimum absolute atomic E-state index is 0.0265. The van der Waals surface area contributed by atoms with Gasteiger partial charge in [0.05, 0.1) is 80.2 Å². The third-order valence-corrected chi connectivity index (χ3v) is 11.7. The van der Waals surface area contributed by atoms with Crippen LogP contribution >= 0.6 is 0 Å². The molecule has 21 nitrogen and oxygen atoms in total. The Hall–Kier alpha value is -7.76. The summed E-state index contributed by atoms with van der Waals surface area (Å²) in [5.41, 5.74) is 2.23. The highest BCUT2D eigenvalue weighted by Gasteiger charge is 2.46. The normalized spacial score (nSPS) is 15.7. The lowest BCUT2D eigenvalue weighted by molar-refractivity contribution is -0.136. The molecule has 1 saturated heterocycles. The van der Waals surface area contributed by atoms with Crippen molar-refractivity contribution in [2.24, 2.45) is 5.92 Å². The minimum Gasteiger partial charge on any atom is -0.492 e. The number of nitrogens with zero attached hydrogens (tertiary/aromatic N) is 8. The topological polar surface area (TPSA) is 252 Å². The van der Waals surface area contributed by atoms with Gasteiger partial charge in [-0.05, 0) is 67.1 Å². The molecule has 2 aliphatic heterocycles. The fourth-order valence-corrected chi connectivity index (χ4v) is 7.85. The largest absolute Gasteiger partial charge is 0.492 e. The Morgan fingerprint density at radius 1 is 0.957 bits per heavy atom. The van der Waals surface area contributed by atoms with E-state index >= 15 is 0 Å². The van der Waals surface area contributed by atoms with Crippen LogP contribution in [0.25, 0.3) is 17.1 Å². The van der Waals surface area contributed by atoms with Crippen molar-refractivity contribution in [3.8, 4) is 22.9 Å². The first-order chi connectivity index (χ1) is 34.1. The van der Waals surface area contributed by atoms with Gasteiger partial charge in [-0.2, -0.15) is 5.10 Å². The Balaban J connectivity index is 0.656. The lowest BCUT2D eigenvalue weighted by atomic mass is 10.0. The van der Waals surface area contributed by atoms with Gasteiger partial charge < -0.3 is 34.6 Å². The fourth-order valence-electron chi connectivity index (χ4n) is 7.85. The second-order valence-corrected chi connectivity index (χ2v) is 16.7. The van der Waals surface area contributed by atoms with Gasteiger partial charge in [-0.1, -0.05) is 23.4 Å². The molecule has 6 heterocycles. The number of hydrogen-bond donors (Lipinski definition) is 4. The van der Waals surface area contributed by atoms with E-state index in [1.54, 1.807) is 53.5 Å². The first-order valence-corrected chi connectivity index (χ1v) is 22.7. The molecule has 5 amide bonds. The fraction of sp³-hybridized carbons (Fsp3) is 0.362. The van der Waals surface area contributed by atoms with Crippen molar-refractivity contribution in [1.82, 2.24) is 50.3 Å². The van der Waals surface area contributed by atoms with Crippen molar-refractivity contribution in [3.63, 3.8) is 0 Å². The molecule has 1 unspecified atom stereocenters. The maximum atomic E-state index is 14.1. The number of pyridine rings is 1. The van der Waals surface area contributed by atoms with Gasteiger partial charge in [-0.15, -0.1) is 5.10 Å². The molecule has 2 fully saturated rings. The minimum atomic E-state index is -2.95. The SMILES string of the molecule is O=C1CCC(N2C(=O)c3cccc(OCCc4cnnn4CCOCCOCCNCc4ccc(-n5cc(NC(=O)c6coc(-c7ccnc(NCC8CC8)c7)n6)c(C(F)F)n5)cc4)c3C2=O)C(=O)N1. The lowest BCUT2D eigenvalue weighted by Crippen LogP contribution is -2.54.